The van der Waals surface area contributed by atoms with Gasteiger partial charge < -0.3 is 0 Å². The molecule has 1 aliphatic carbocycles. The van der Waals surface area contributed by atoms with Gasteiger partial charge in [-0.1, -0.05) is 0 Å². The second-order valence-electron chi connectivity index (χ2n) is 10.5. The van der Waals surface area contributed by atoms with Crippen LogP contribution in [-0.4, -0.2) is 51.2 Å². The summed E-state index contributed by atoms with van der Waals surface area (Å²) in [5.41, 5.74) is 6.75. The van der Waals surface area contributed by atoms with Gasteiger partial charge in [-0.2, -0.15) is 0 Å². The fourth-order valence-corrected chi connectivity index (χ4v) is 9.95. The normalized spacial score (nSPS) is 20.6. The zero-order valence-electron chi connectivity index (χ0n) is 21.9. The van der Waals surface area contributed by atoms with Crippen molar-refractivity contribution in [3.05, 3.63) is 119 Å². The predicted octanol–water partition coefficient (Wildman–Crippen LogP) is 5.91. The summed E-state index contributed by atoms with van der Waals surface area (Å²) in [6.45, 7) is 2.35. The number of hydrogen-bond acceptors (Lipinski definition) is 3. The Balaban J connectivity index is 1.21. The number of amides is 2. The Morgan fingerprint density at radius 2 is 1.52 bits per heavy atom. The molecule has 0 saturated carbocycles. The molecule has 5 nitrogen and oxygen atoms in total. The number of benzene rings is 4. The Bertz CT molecular complexity index is 1600. The third kappa shape index (κ3) is 3.89. The molecule has 0 aromatic heterocycles. The number of halogens is 1. The van der Waals surface area contributed by atoms with Gasteiger partial charge in [0, 0.05) is 0 Å². The number of carbonyl (C=O) groups excluding carboxylic acids is 2. The second-order valence-corrected chi connectivity index (χ2v) is 13.9. The summed E-state index contributed by atoms with van der Waals surface area (Å²) in [5.74, 6) is -0.101. The summed E-state index contributed by atoms with van der Waals surface area (Å²) in [4.78, 5) is 30.6. The van der Waals surface area contributed by atoms with E-state index in [1.165, 1.54) is 26.7 Å². The van der Waals surface area contributed by atoms with Gasteiger partial charge in [0.2, 0.25) is 0 Å². The summed E-state index contributed by atoms with van der Waals surface area (Å²) < 4.78 is 6.91. The van der Waals surface area contributed by atoms with Gasteiger partial charge in [0.25, 0.3) is 0 Å². The van der Waals surface area contributed by atoms with E-state index in [4.69, 9.17) is 16.3 Å². The SMILES string of the molecule is CC(=O)N1c2ccccc2C2([Se]c3ccc(Cl)cc3)CCN(C(=O)OCC3c4ccccc4-c4ccccc43)C12. The van der Waals surface area contributed by atoms with Crippen LogP contribution in [0.1, 0.15) is 36.0 Å². The maximum absolute atomic E-state index is 13.9. The molecule has 2 unspecified atom stereocenters. The average molecular weight is 614 g/mol. The molecule has 200 valence electrons. The molecule has 40 heavy (non-hydrogen) atoms. The van der Waals surface area contributed by atoms with Crippen molar-refractivity contribution in [2.75, 3.05) is 18.1 Å². The van der Waals surface area contributed by atoms with Gasteiger partial charge >= 0.3 is 246 Å². The van der Waals surface area contributed by atoms with Crippen molar-refractivity contribution in [2.45, 2.75) is 29.7 Å². The maximum atomic E-state index is 13.9. The van der Waals surface area contributed by atoms with Crippen molar-refractivity contribution in [2.24, 2.45) is 0 Å². The number of ether oxygens (including phenoxy) is 1. The molecule has 2 atom stereocenters. The predicted molar refractivity (Wildman–Crippen MR) is 158 cm³/mol. The molecule has 2 aliphatic heterocycles. The Morgan fingerprint density at radius 3 is 2.20 bits per heavy atom. The van der Waals surface area contributed by atoms with Crippen LogP contribution in [0.25, 0.3) is 11.1 Å². The van der Waals surface area contributed by atoms with Crippen LogP contribution in [0.4, 0.5) is 10.5 Å². The number of carbonyl (C=O) groups is 2. The molecule has 1 saturated heterocycles. The van der Waals surface area contributed by atoms with Crippen molar-refractivity contribution >= 4 is 48.7 Å². The van der Waals surface area contributed by atoms with E-state index in [9.17, 15) is 9.59 Å². The molecule has 3 aliphatic rings. The van der Waals surface area contributed by atoms with Gasteiger partial charge in [0.1, 0.15) is 0 Å². The van der Waals surface area contributed by atoms with Crippen LogP contribution >= 0.6 is 11.6 Å². The van der Waals surface area contributed by atoms with Crippen LogP contribution in [0.5, 0.6) is 0 Å². The summed E-state index contributed by atoms with van der Waals surface area (Å²) >= 11 is 6.12. The van der Waals surface area contributed by atoms with Gasteiger partial charge in [-0.15, -0.1) is 0 Å². The molecule has 2 heterocycles. The molecule has 4 aromatic carbocycles. The Hall–Kier alpha value is -3.57. The summed E-state index contributed by atoms with van der Waals surface area (Å²) in [6.07, 6.45) is -0.0564. The topological polar surface area (TPSA) is 49.9 Å². The summed E-state index contributed by atoms with van der Waals surface area (Å²) in [5, 5.41) is 0.692. The minimum atomic E-state index is -0.436. The zero-order chi connectivity index (χ0) is 27.4. The molecule has 4 aromatic rings. The van der Waals surface area contributed by atoms with E-state index in [2.05, 4.69) is 42.5 Å². The first-order valence-corrected chi connectivity index (χ1v) is 15.5. The Kier molecular flexibility index (Phi) is 6.23. The molecule has 0 radical (unpaired) electrons. The van der Waals surface area contributed by atoms with E-state index in [0.29, 0.717) is 11.6 Å². The molecule has 1 fully saturated rings. The van der Waals surface area contributed by atoms with Gasteiger partial charge in [-0.05, 0) is 0 Å². The Labute approximate surface area is 244 Å². The van der Waals surface area contributed by atoms with Crippen molar-refractivity contribution in [1.29, 1.82) is 0 Å². The third-order valence-corrected chi connectivity index (χ3v) is 11.7. The van der Waals surface area contributed by atoms with Crippen molar-refractivity contribution in [3.63, 3.8) is 0 Å². The number of rotatable bonds is 4. The molecule has 0 spiro atoms. The number of fused-ring (bicyclic) bond motifs is 6. The molecule has 7 heteroatoms. The van der Waals surface area contributed by atoms with Crippen molar-refractivity contribution in [3.8, 4) is 11.1 Å². The van der Waals surface area contributed by atoms with Gasteiger partial charge in [0.15, 0.2) is 0 Å². The summed E-state index contributed by atoms with van der Waals surface area (Å²) in [7, 11) is 0. The van der Waals surface area contributed by atoms with Gasteiger partial charge in [-0.3, -0.25) is 0 Å². The second kappa shape index (κ2) is 9.81. The molecule has 0 bridgehead atoms. The van der Waals surface area contributed by atoms with E-state index in [1.54, 1.807) is 16.7 Å². The fraction of sp³-hybridized carbons (Fsp3) is 0.212. The monoisotopic (exact) mass is 614 g/mol. The standard InChI is InChI=1S/C33H27ClN2O3Se/c1-21(37)36-30-13-7-6-12-29(30)33(40-23-16-14-22(34)15-17-23)18-19-35(31(33)36)32(38)39-20-28-26-10-4-2-8-24(26)25-9-3-5-11-27(25)28/h2-17,28,31H,18-20H2,1H3. The van der Waals surface area contributed by atoms with Crippen LogP contribution < -0.4 is 9.36 Å². The first-order chi connectivity index (χ1) is 19.5. The van der Waals surface area contributed by atoms with E-state index in [-0.39, 0.29) is 43.8 Å². The van der Waals surface area contributed by atoms with Crippen LogP contribution in [0.3, 0.4) is 0 Å². The van der Waals surface area contributed by atoms with E-state index >= 15 is 0 Å². The van der Waals surface area contributed by atoms with Crippen molar-refractivity contribution in [1.82, 2.24) is 4.90 Å². The quantitative estimate of drug-likeness (QED) is 0.269. The molecule has 0 N–H and O–H groups in total. The fourth-order valence-electron chi connectivity index (χ4n) is 6.67. The van der Waals surface area contributed by atoms with Gasteiger partial charge in [-0.25, -0.2) is 0 Å². The van der Waals surface area contributed by atoms with E-state index in [0.717, 1.165) is 17.7 Å². The first kappa shape index (κ1) is 25.4. The van der Waals surface area contributed by atoms with Crippen LogP contribution in [-0.2, 0) is 13.8 Å². The number of para-hydroxylation sites is 1. The van der Waals surface area contributed by atoms with Crippen LogP contribution in [0.2, 0.25) is 5.02 Å². The first-order valence-electron chi connectivity index (χ1n) is 13.4. The average Bonchev–Trinajstić information content (AvgIpc) is 3.59. The summed E-state index contributed by atoms with van der Waals surface area (Å²) in [6, 6.07) is 32.7. The number of likely N-dealkylation sites (tertiary alicyclic amines) is 1. The number of nitrogens with zero attached hydrogens (tertiary/aromatic N) is 2. The zero-order valence-corrected chi connectivity index (χ0v) is 24.4. The number of hydrogen-bond donors (Lipinski definition) is 0. The number of anilines is 1. The molecular formula is C33H27ClN2O3Se. The minimum absolute atomic E-state index is 0.0216. The van der Waals surface area contributed by atoms with Crippen LogP contribution in [0.15, 0.2) is 97.1 Å². The van der Waals surface area contributed by atoms with Crippen molar-refractivity contribution < 1.29 is 14.3 Å². The molecular weight excluding hydrogens is 587 g/mol. The Morgan fingerprint density at radius 1 is 0.900 bits per heavy atom. The van der Waals surface area contributed by atoms with Gasteiger partial charge in [0.05, 0.1) is 0 Å². The van der Waals surface area contributed by atoms with E-state index < -0.39 is 6.17 Å². The molecule has 7 rings (SSSR count). The third-order valence-electron chi connectivity index (χ3n) is 8.32. The molecule has 2 amide bonds. The van der Waals surface area contributed by atoms with E-state index in [1.807, 2.05) is 54.6 Å². The van der Waals surface area contributed by atoms with Crippen LogP contribution in [0, 0.1) is 0 Å².